The van der Waals surface area contributed by atoms with Crippen molar-refractivity contribution in [3.05, 3.63) is 30.1 Å². The van der Waals surface area contributed by atoms with Crippen LogP contribution < -0.4 is 10.2 Å². The van der Waals surface area contributed by atoms with Gasteiger partial charge in [-0.1, -0.05) is 13.0 Å². The Morgan fingerprint density at radius 3 is 3.06 bits per heavy atom. The van der Waals surface area contributed by atoms with Crippen molar-refractivity contribution >= 4 is 5.69 Å². The molecule has 18 heavy (non-hydrogen) atoms. The molecule has 1 N–H and O–H groups in total. The van der Waals surface area contributed by atoms with E-state index in [0.717, 1.165) is 25.3 Å². The Balaban J connectivity index is 2.26. The van der Waals surface area contributed by atoms with Crippen LogP contribution in [0, 0.1) is 23.1 Å². The third kappa shape index (κ3) is 2.99. The molecule has 96 valence electrons. The minimum Gasteiger partial charge on any atom is -0.366 e. The second-order valence-corrected chi connectivity index (χ2v) is 4.91. The third-order valence-electron chi connectivity index (χ3n) is 3.29. The summed E-state index contributed by atoms with van der Waals surface area (Å²) in [4.78, 5) is 2.15. The van der Waals surface area contributed by atoms with Crippen LogP contribution in [0.15, 0.2) is 24.3 Å². The molecule has 1 aliphatic heterocycles. The Morgan fingerprint density at radius 2 is 2.33 bits per heavy atom. The fourth-order valence-electron chi connectivity index (χ4n) is 2.41. The highest BCUT2D eigenvalue weighted by atomic mass is 19.1. The lowest BCUT2D eigenvalue weighted by Crippen LogP contribution is -2.40. The van der Waals surface area contributed by atoms with Gasteiger partial charge in [-0.25, -0.2) is 4.39 Å². The van der Waals surface area contributed by atoms with Gasteiger partial charge in [-0.2, -0.15) is 5.26 Å². The van der Waals surface area contributed by atoms with Gasteiger partial charge in [0.05, 0.1) is 18.5 Å². The lowest BCUT2D eigenvalue weighted by molar-refractivity contribution is 0.562. The first-order valence-electron chi connectivity index (χ1n) is 6.30. The quantitative estimate of drug-likeness (QED) is 0.870. The molecule has 0 spiro atoms. The molecule has 2 rings (SSSR count). The largest absolute Gasteiger partial charge is 0.366 e. The molecule has 0 saturated carbocycles. The van der Waals surface area contributed by atoms with Crippen molar-refractivity contribution in [3.8, 4) is 6.07 Å². The van der Waals surface area contributed by atoms with Gasteiger partial charge >= 0.3 is 0 Å². The number of hydrogen-bond acceptors (Lipinski definition) is 3. The lowest BCUT2D eigenvalue weighted by Gasteiger charge is -2.31. The molecule has 0 aromatic heterocycles. The first kappa shape index (κ1) is 12.8. The summed E-state index contributed by atoms with van der Waals surface area (Å²) < 4.78 is 13.3. The zero-order valence-electron chi connectivity index (χ0n) is 10.6. The minimum atomic E-state index is -0.229. The maximum atomic E-state index is 13.3. The molecular formula is C14H18FN3. The van der Waals surface area contributed by atoms with Crippen molar-refractivity contribution in [2.24, 2.45) is 5.92 Å². The van der Waals surface area contributed by atoms with Crippen LogP contribution in [0.5, 0.6) is 0 Å². The summed E-state index contributed by atoms with van der Waals surface area (Å²) in [7, 11) is 0. The molecule has 1 saturated heterocycles. The van der Waals surface area contributed by atoms with E-state index >= 15 is 0 Å². The van der Waals surface area contributed by atoms with Gasteiger partial charge in [0.15, 0.2) is 0 Å². The number of nitrogens with zero attached hydrogens (tertiary/aromatic N) is 2. The number of hydrogen-bond donors (Lipinski definition) is 1. The molecule has 2 atom stereocenters. The summed E-state index contributed by atoms with van der Waals surface area (Å²) in [6.45, 7) is 4.72. The molecule has 3 nitrogen and oxygen atoms in total. The van der Waals surface area contributed by atoms with Crippen LogP contribution in [0.3, 0.4) is 0 Å². The maximum absolute atomic E-state index is 13.3. The normalized spacial score (nSPS) is 24.4. The van der Waals surface area contributed by atoms with E-state index in [1.165, 1.54) is 6.07 Å². The monoisotopic (exact) mass is 247 g/mol. The van der Waals surface area contributed by atoms with Gasteiger partial charge in [0.2, 0.25) is 0 Å². The average Bonchev–Trinajstić information content (AvgIpc) is 2.52. The van der Waals surface area contributed by atoms with Crippen LogP contribution in [0.1, 0.15) is 13.3 Å². The first-order valence-corrected chi connectivity index (χ1v) is 6.30. The minimum absolute atomic E-state index is 0.113. The van der Waals surface area contributed by atoms with E-state index in [-0.39, 0.29) is 11.9 Å². The Kier molecular flexibility index (Phi) is 4.16. The highest BCUT2D eigenvalue weighted by Crippen LogP contribution is 2.22. The molecule has 0 aliphatic carbocycles. The molecule has 1 aromatic rings. The number of rotatable bonds is 2. The first-order chi connectivity index (χ1) is 8.70. The fourth-order valence-corrected chi connectivity index (χ4v) is 2.41. The second kappa shape index (κ2) is 5.83. The van der Waals surface area contributed by atoms with E-state index in [4.69, 9.17) is 5.26 Å². The van der Waals surface area contributed by atoms with E-state index in [2.05, 4.69) is 23.2 Å². The molecule has 1 aliphatic rings. The Labute approximate surface area is 107 Å². The predicted octanol–water partition coefficient (Wildman–Crippen LogP) is 2.15. The van der Waals surface area contributed by atoms with Crippen LogP contribution in [-0.2, 0) is 0 Å². The van der Waals surface area contributed by atoms with Gasteiger partial charge in [0.1, 0.15) is 5.82 Å². The van der Waals surface area contributed by atoms with Crippen molar-refractivity contribution < 1.29 is 4.39 Å². The van der Waals surface area contributed by atoms with Crippen molar-refractivity contribution in [2.75, 3.05) is 24.5 Å². The zero-order valence-corrected chi connectivity index (χ0v) is 10.6. The van der Waals surface area contributed by atoms with Crippen LogP contribution in [0.25, 0.3) is 0 Å². The topological polar surface area (TPSA) is 39.1 Å². The van der Waals surface area contributed by atoms with Gasteiger partial charge in [0.25, 0.3) is 0 Å². The highest BCUT2D eigenvalue weighted by molar-refractivity contribution is 5.48. The number of nitriles is 1. The van der Waals surface area contributed by atoms with E-state index < -0.39 is 0 Å². The smallest absolute Gasteiger partial charge is 0.125 e. The molecule has 4 heteroatoms. The van der Waals surface area contributed by atoms with Crippen LogP contribution in [0.2, 0.25) is 0 Å². The van der Waals surface area contributed by atoms with Crippen molar-refractivity contribution in [1.82, 2.24) is 5.32 Å². The summed E-state index contributed by atoms with van der Waals surface area (Å²) in [5.41, 5.74) is 0.866. The number of benzene rings is 1. The average molecular weight is 247 g/mol. The van der Waals surface area contributed by atoms with Crippen LogP contribution in [0.4, 0.5) is 10.1 Å². The Bertz CT molecular complexity index is 441. The SMILES string of the molecule is CC1CNCC(CC#N)N(c2cccc(F)c2)C1. The molecule has 0 radical (unpaired) electrons. The van der Waals surface area contributed by atoms with Gasteiger partial charge < -0.3 is 10.2 Å². The molecule has 1 heterocycles. The molecule has 1 aromatic carbocycles. The van der Waals surface area contributed by atoms with Crippen LogP contribution >= 0.6 is 0 Å². The number of halogens is 1. The highest BCUT2D eigenvalue weighted by Gasteiger charge is 2.24. The van der Waals surface area contributed by atoms with Crippen LogP contribution in [-0.4, -0.2) is 25.7 Å². The van der Waals surface area contributed by atoms with E-state index in [0.29, 0.717) is 12.3 Å². The van der Waals surface area contributed by atoms with E-state index in [9.17, 15) is 4.39 Å². The summed E-state index contributed by atoms with van der Waals surface area (Å²) in [5.74, 6) is 0.255. The maximum Gasteiger partial charge on any atom is 0.125 e. The van der Waals surface area contributed by atoms with Crippen molar-refractivity contribution in [1.29, 1.82) is 5.26 Å². The van der Waals surface area contributed by atoms with E-state index in [1.54, 1.807) is 12.1 Å². The predicted molar refractivity (Wildman–Crippen MR) is 69.8 cm³/mol. The third-order valence-corrected chi connectivity index (χ3v) is 3.29. The second-order valence-electron chi connectivity index (χ2n) is 4.91. The van der Waals surface area contributed by atoms with Crippen molar-refractivity contribution in [3.63, 3.8) is 0 Å². The number of nitrogens with one attached hydrogen (secondary N) is 1. The van der Waals surface area contributed by atoms with Gasteiger partial charge in [-0.3, -0.25) is 0 Å². The molecule has 0 amide bonds. The molecule has 1 fully saturated rings. The van der Waals surface area contributed by atoms with E-state index in [1.807, 2.05) is 6.07 Å². The fraction of sp³-hybridized carbons (Fsp3) is 0.500. The van der Waals surface area contributed by atoms with Crippen molar-refractivity contribution in [2.45, 2.75) is 19.4 Å². The van der Waals surface area contributed by atoms with Gasteiger partial charge in [0, 0.05) is 18.8 Å². The summed E-state index contributed by atoms with van der Waals surface area (Å²) in [6, 6.07) is 8.95. The molecule has 2 unspecified atom stereocenters. The Hall–Kier alpha value is -1.60. The summed E-state index contributed by atoms with van der Waals surface area (Å²) in [6.07, 6.45) is 0.455. The molecule has 0 bridgehead atoms. The van der Waals surface area contributed by atoms with Gasteiger partial charge in [-0.05, 0) is 30.7 Å². The summed E-state index contributed by atoms with van der Waals surface area (Å²) in [5, 5.41) is 12.3. The summed E-state index contributed by atoms with van der Waals surface area (Å²) >= 11 is 0. The molecular weight excluding hydrogens is 229 g/mol. The Morgan fingerprint density at radius 1 is 1.50 bits per heavy atom. The lowest BCUT2D eigenvalue weighted by atomic mass is 10.1. The van der Waals surface area contributed by atoms with Gasteiger partial charge in [-0.15, -0.1) is 0 Å². The standard InChI is InChI=1S/C14H18FN3/c1-11-8-17-9-14(5-6-16)18(10-11)13-4-2-3-12(15)7-13/h2-4,7,11,14,17H,5,8-10H2,1H3. The zero-order chi connectivity index (χ0) is 13.0. The number of anilines is 1.